The summed E-state index contributed by atoms with van der Waals surface area (Å²) in [5.74, 6) is -0.398. The largest absolute Gasteiger partial charge is 0.462 e. The van der Waals surface area contributed by atoms with Crippen LogP contribution in [-0.2, 0) is 23.8 Å². The lowest BCUT2D eigenvalue weighted by Crippen LogP contribution is -2.30. The third-order valence-electron chi connectivity index (χ3n) is 13.0. The maximum absolute atomic E-state index is 12.9. The van der Waals surface area contributed by atoms with Gasteiger partial charge >= 0.3 is 11.9 Å². The van der Waals surface area contributed by atoms with Crippen LogP contribution in [0.2, 0.25) is 0 Å². The van der Waals surface area contributed by atoms with Gasteiger partial charge in [-0.2, -0.15) is 0 Å². The molecule has 0 heterocycles. The molecule has 0 aromatic heterocycles. The van der Waals surface area contributed by atoms with Crippen molar-refractivity contribution in [3.05, 3.63) is 60.8 Å². The van der Waals surface area contributed by atoms with Crippen molar-refractivity contribution in [1.82, 2.24) is 0 Å². The molecule has 0 spiro atoms. The molecule has 0 saturated carbocycles. The zero-order chi connectivity index (χ0) is 49.2. The van der Waals surface area contributed by atoms with Gasteiger partial charge in [0.25, 0.3) is 0 Å². The Balaban J connectivity index is 4.29. The first-order valence-electron chi connectivity index (χ1n) is 29.8. The van der Waals surface area contributed by atoms with Crippen LogP contribution in [0.5, 0.6) is 0 Å². The van der Waals surface area contributed by atoms with Crippen molar-refractivity contribution in [1.29, 1.82) is 0 Å². The maximum atomic E-state index is 12.9. The molecular formula is C63H114O5. The Hall–Kier alpha value is -2.40. The summed E-state index contributed by atoms with van der Waals surface area (Å²) in [7, 11) is 0. The fraction of sp³-hybridized carbons (Fsp3) is 0.810. The minimum atomic E-state index is -0.547. The molecule has 0 bridgehead atoms. The van der Waals surface area contributed by atoms with Crippen LogP contribution < -0.4 is 0 Å². The van der Waals surface area contributed by atoms with Gasteiger partial charge in [-0.3, -0.25) is 9.59 Å². The molecule has 0 amide bonds. The second kappa shape index (κ2) is 58.9. The molecule has 0 aliphatic heterocycles. The third kappa shape index (κ3) is 56.2. The van der Waals surface area contributed by atoms with Gasteiger partial charge in [0.2, 0.25) is 0 Å². The lowest BCUT2D eigenvalue weighted by molar-refractivity contribution is -0.163. The van der Waals surface area contributed by atoms with Crippen molar-refractivity contribution in [2.45, 2.75) is 309 Å². The Morgan fingerprint density at radius 2 is 0.662 bits per heavy atom. The summed E-state index contributed by atoms with van der Waals surface area (Å²) in [5, 5.41) is 0. The summed E-state index contributed by atoms with van der Waals surface area (Å²) in [6, 6.07) is 0. The van der Waals surface area contributed by atoms with Crippen LogP contribution in [0.4, 0.5) is 0 Å². The number of hydrogen-bond acceptors (Lipinski definition) is 5. The lowest BCUT2D eigenvalue weighted by Gasteiger charge is -2.18. The van der Waals surface area contributed by atoms with Gasteiger partial charge in [-0.15, -0.1) is 0 Å². The van der Waals surface area contributed by atoms with Crippen molar-refractivity contribution in [3.8, 4) is 0 Å². The molecule has 0 saturated heterocycles. The quantitative estimate of drug-likeness (QED) is 0.0345. The molecule has 5 nitrogen and oxygen atoms in total. The molecule has 0 aliphatic rings. The SMILES string of the molecule is CC/C=C\C/C=C\C/C=C\C/C=C\CCCCCCCOCC(COC(=O)CCCCCCCCC/C=C\CCCCCCCC)OC(=O)CCCCCCCCCCCCCCCCCCC. The molecule has 0 aromatic rings. The fourth-order valence-corrected chi connectivity index (χ4v) is 8.62. The molecule has 0 aliphatic carbocycles. The zero-order valence-electron chi connectivity index (χ0n) is 45.6. The first-order valence-corrected chi connectivity index (χ1v) is 29.8. The first-order chi connectivity index (χ1) is 33.6. The summed E-state index contributed by atoms with van der Waals surface area (Å²) in [4.78, 5) is 25.6. The molecule has 0 radical (unpaired) electrons. The van der Waals surface area contributed by atoms with E-state index in [-0.39, 0.29) is 25.2 Å². The van der Waals surface area contributed by atoms with Gasteiger partial charge in [0, 0.05) is 19.4 Å². The predicted molar refractivity (Wildman–Crippen MR) is 298 cm³/mol. The molecule has 0 N–H and O–H groups in total. The highest BCUT2D eigenvalue weighted by atomic mass is 16.6. The Morgan fingerprint density at radius 1 is 0.338 bits per heavy atom. The highest BCUT2D eigenvalue weighted by Gasteiger charge is 2.17. The molecular weight excluding hydrogens is 837 g/mol. The zero-order valence-corrected chi connectivity index (χ0v) is 45.6. The third-order valence-corrected chi connectivity index (χ3v) is 13.0. The average molecular weight is 952 g/mol. The minimum Gasteiger partial charge on any atom is -0.462 e. The normalized spacial score (nSPS) is 12.6. The number of hydrogen-bond donors (Lipinski definition) is 0. The minimum absolute atomic E-state index is 0.0777. The van der Waals surface area contributed by atoms with Gasteiger partial charge < -0.3 is 14.2 Å². The average Bonchev–Trinajstić information content (AvgIpc) is 3.34. The molecule has 68 heavy (non-hydrogen) atoms. The Labute approximate surface area is 424 Å². The Bertz CT molecular complexity index is 1170. The van der Waals surface area contributed by atoms with Gasteiger partial charge in [-0.25, -0.2) is 0 Å². The van der Waals surface area contributed by atoms with E-state index >= 15 is 0 Å². The van der Waals surface area contributed by atoms with E-state index < -0.39 is 6.10 Å². The van der Waals surface area contributed by atoms with Crippen molar-refractivity contribution in [3.63, 3.8) is 0 Å². The van der Waals surface area contributed by atoms with E-state index in [9.17, 15) is 9.59 Å². The van der Waals surface area contributed by atoms with E-state index in [4.69, 9.17) is 14.2 Å². The van der Waals surface area contributed by atoms with Gasteiger partial charge in [0.1, 0.15) is 6.61 Å². The highest BCUT2D eigenvalue weighted by Crippen LogP contribution is 2.16. The summed E-state index contributed by atoms with van der Waals surface area (Å²) in [5.41, 5.74) is 0. The number of carbonyl (C=O) groups excluding carboxylic acids is 2. The van der Waals surface area contributed by atoms with Crippen molar-refractivity contribution in [2.24, 2.45) is 0 Å². The predicted octanol–water partition coefficient (Wildman–Crippen LogP) is 20.5. The molecule has 0 fully saturated rings. The van der Waals surface area contributed by atoms with Crippen LogP contribution in [0.3, 0.4) is 0 Å². The summed E-state index contributed by atoms with van der Waals surface area (Å²) < 4.78 is 17.5. The van der Waals surface area contributed by atoms with Crippen LogP contribution >= 0.6 is 0 Å². The first kappa shape index (κ1) is 65.6. The second-order valence-corrected chi connectivity index (χ2v) is 19.9. The van der Waals surface area contributed by atoms with E-state index in [1.54, 1.807) is 0 Å². The molecule has 1 unspecified atom stereocenters. The molecule has 1 atom stereocenters. The number of rotatable bonds is 55. The van der Waals surface area contributed by atoms with Crippen LogP contribution in [0.25, 0.3) is 0 Å². The summed E-state index contributed by atoms with van der Waals surface area (Å²) in [6.45, 7) is 7.72. The van der Waals surface area contributed by atoms with Crippen LogP contribution in [0.1, 0.15) is 303 Å². The van der Waals surface area contributed by atoms with Crippen molar-refractivity contribution >= 4 is 11.9 Å². The Morgan fingerprint density at radius 3 is 1.07 bits per heavy atom. The van der Waals surface area contributed by atoms with Crippen molar-refractivity contribution in [2.75, 3.05) is 19.8 Å². The second-order valence-electron chi connectivity index (χ2n) is 19.9. The highest BCUT2D eigenvalue weighted by molar-refractivity contribution is 5.70. The molecule has 396 valence electrons. The van der Waals surface area contributed by atoms with E-state index in [1.807, 2.05) is 0 Å². The monoisotopic (exact) mass is 951 g/mol. The van der Waals surface area contributed by atoms with Gasteiger partial charge in [-0.05, 0) is 83.5 Å². The molecule has 5 heteroatoms. The number of unbranched alkanes of at least 4 members (excludes halogenated alkanes) is 34. The summed E-state index contributed by atoms with van der Waals surface area (Å²) in [6.07, 6.45) is 75.3. The maximum Gasteiger partial charge on any atom is 0.306 e. The lowest BCUT2D eigenvalue weighted by atomic mass is 10.0. The van der Waals surface area contributed by atoms with E-state index in [1.165, 1.54) is 199 Å². The van der Waals surface area contributed by atoms with Gasteiger partial charge in [0.05, 0.1) is 6.61 Å². The number of esters is 2. The summed E-state index contributed by atoms with van der Waals surface area (Å²) >= 11 is 0. The molecule has 0 rings (SSSR count). The Kier molecular flexibility index (Phi) is 56.8. The number of carbonyl (C=O) groups is 2. The van der Waals surface area contributed by atoms with Crippen LogP contribution in [-0.4, -0.2) is 37.9 Å². The fourth-order valence-electron chi connectivity index (χ4n) is 8.62. The van der Waals surface area contributed by atoms with Gasteiger partial charge in [-0.1, -0.05) is 268 Å². The number of allylic oxidation sites excluding steroid dienone is 10. The molecule has 0 aromatic carbocycles. The van der Waals surface area contributed by atoms with Crippen LogP contribution in [0, 0.1) is 0 Å². The van der Waals surface area contributed by atoms with Crippen LogP contribution in [0.15, 0.2) is 60.8 Å². The van der Waals surface area contributed by atoms with E-state index in [0.717, 1.165) is 70.6 Å². The van der Waals surface area contributed by atoms with Gasteiger partial charge in [0.15, 0.2) is 6.10 Å². The standard InChI is InChI=1S/C63H114O5/c1-4-7-10-13-16-19-22-25-28-31-34-37-40-43-46-49-52-55-58-66-59-61(68-63(65)57-54-51-48-45-42-39-36-33-30-27-24-21-18-15-12-9-6-3)60-67-62(64)56-53-50-47-44-41-38-35-32-29-26-23-20-17-14-11-8-5-2/h7,10,16,19,25-26,28-29,34,37,61H,4-6,8-9,11-15,17-18,20-24,27,30-33,35-36,38-60H2,1-3H3/b10-7-,19-16-,28-25-,29-26-,37-34-. The number of ether oxygens (including phenoxy) is 3. The smallest absolute Gasteiger partial charge is 0.306 e. The van der Waals surface area contributed by atoms with Crippen molar-refractivity contribution < 1.29 is 23.8 Å². The van der Waals surface area contributed by atoms with E-state index in [0.29, 0.717) is 19.4 Å². The van der Waals surface area contributed by atoms with E-state index in [2.05, 4.69) is 81.5 Å². The topological polar surface area (TPSA) is 61.8 Å².